The molecule has 3 heterocycles. The molecule has 2 saturated heterocycles. The number of carbonyl (C=O) groups is 1. The van der Waals surface area contributed by atoms with Crippen molar-refractivity contribution >= 4 is 51.8 Å². The number of amides is 1. The quantitative estimate of drug-likeness (QED) is 0.472. The molecule has 5 rings (SSSR count). The van der Waals surface area contributed by atoms with Crippen LogP contribution in [-0.4, -0.2) is 78.0 Å². The molecule has 0 bridgehead atoms. The van der Waals surface area contributed by atoms with E-state index in [0.29, 0.717) is 18.8 Å². The molecular formula is C26H30ClN5O2S. The molecule has 0 aliphatic carbocycles. The van der Waals surface area contributed by atoms with Gasteiger partial charge in [-0.15, -0.1) is 0 Å². The number of halogens is 1. The van der Waals surface area contributed by atoms with Crippen molar-refractivity contribution < 1.29 is 9.53 Å². The number of rotatable bonds is 5. The summed E-state index contributed by atoms with van der Waals surface area (Å²) in [5.74, 6) is 1.32. The SMILES string of the molecule is C[C@@H]1CN(c2nc3ccccc3nc2SCC(=O)N2CCN(c3ccc(Cl)cc3)CC2)C[C@@H](C)O1. The van der Waals surface area contributed by atoms with Crippen molar-refractivity contribution in [1.29, 1.82) is 0 Å². The van der Waals surface area contributed by atoms with E-state index in [0.717, 1.165) is 58.8 Å². The minimum atomic E-state index is 0.114. The van der Waals surface area contributed by atoms with Gasteiger partial charge in [-0.3, -0.25) is 4.79 Å². The van der Waals surface area contributed by atoms with Crippen molar-refractivity contribution in [1.82, 2.24) is 14.9 Å². The maximum atomic E-state index is 13.1. The summed E-state index contributed by atoms with van der Waals surface area (Å²) in [6.07, 6.45) is 0.229. The summed E-state index contributed by atoms with van der Waals surface area (Å²) in [5, 5.41) is 1.54. The van der Waals surface area contributed by atoms with Crippen LogP contribution in [0.1, 0.15) is 13.8 Å². The highest BCUT2D eigenvalue weighted by Crippen LogP contribution is 2.31. The van der Waals surface area contributed by atoms with Crippen LogP contribution in [0.25, 0.3) is 11.0 Å². The molecule has 2 aromatic carbocycles. The first-order valence-electron chi connectivity index (χ1n) is 12.0. The molecule has 0 spiro atoms. The van der Waals surface area contributed by atoms with Crippen LogP contribution in [0.5, 0.6) is 0 Å². The number of benzene rings is 2. The van der Waals surface area contributed by atoms with E-state index >= 15 is 0 Å². The second-order valence-electron chi connectivity index (χ2n) is 9.14. The van der Waals surface area contributed by atoms with Gasteiger partial charge in [0, 0.05) is 50.0 Å². The van der Waals surface area contributed by atoms with Gasteiger partial charge in [-0.25, -0.2) is 9.97 Å². The number of hydrogen-bond acceptors (Lipinski definition) is 7. The first kappa shape index (κ1) is 24.2. The molecule has 1 aromatic heterocycles. The molecule has 0 unspecified atom stereocenters. The second kappa shape index (κ2) is 10.6. The number of para-hydroxylation sites is 2. The lowest BCUT2D eigenvalue weighted by atomic mass is 10.2. The van der Waals surface area contributed by atoms with Gasteiger partial charge in [-0.1, -0.05) is 35.5 Å². The fourth-order valence-electron chi connectivity index (χ4n) is 4.72. The highest BCUT2D eigenvalue weighted by molar-refractivity contribution is 8.00. The smallest absolute Gasteiger partial charge is 0.233 e. The molecule has 0 N–H and O–H groups in total. The van der Waals surface area contributed by atoms with Crippen molar-refractivity contribution in [3.8, 4) is 0 Å². The lowest BCUT2D eigenvalue weighted by molar-refractivity contribution is -0.128. The average molecular weight is 512 g/mol. The summed E-state index contributed by atoms with van der Waals surface area (Å²) in [7, 11) is 0. The summed E-state index contributed by atoms with van der Waals surface area (Å²) < 4.78 is 5.92. The van der Waals surface area contributed by atoms with Gasteiger partial charge < -0.3 is 19.4 Å². The Morgan fingerprint density at radius 2 is 1.57 bits per heavy atom. The van der Waals surface area contributed by atoms with Gasteiger partial charge in [0.1, 0.15) is 5.03 Å². The minimum Gasteiger partial charge on any atom is -0.372 e. The van der Waals surface area contributed by atoms with Crippen molar-refractivity contribution in [2.75, 3.05) is 54.8 Å². The van der Waals surface area contributed by atoms with Gasteiger partial charge in [0.15, 0.2) is 5.82 Å². The molecule has 184 valence electrons. The van der Waals surface area contributed by atoms with Crippen LogP contribution in [-0.2, 0) is 9.53 Å². The summed E-state index contributed by atoms with van der Waals surface area (Å²) in [4.78, 5) is 29.4. The highest BCUT2D eigenvalue weighted by Gasteiger charge is 2.27. The third-order valence-electron chi connectivity index (χ3n) is 6.40. The lowest BCUT2D eigenvalue weighted by Crippen LogP contribution is -2.49. The van der Waals surface area contributed by atoms with E-state index in [9.17, 15) is 4.79 Å². The van der Waals surface area contributed by atoms with Crippen LogP contribution in [0.2, 0.25) is 5.02 Å². The topological polar surface area (TPSA) is 61.8 Å². The van der Waals surface area contributed by atoms with E-state index in [-0.39, 0.29) is 18.1 Å². The fraction of sp³-hybridized carbons (Fsp3) is 0.423. The monoisotopic (exact) mass is 511 g/mol. The predicted octanol–water partition coefficient (Wildman–Crippen LogP) is 4.34. The maximum Gasteiger partial charge on any atom is 0.233 e. The number of thioether (sulfide) groups is 1. The van der Waals surface area contributed by atoms with E-state index in [2.05, 4.69) is 23.6 Å². The molecule has 2 fully saturated rings. The zero-order chi connectivity index (χ0) is 24.4. The number of carbonyl (C=O) groups excluding carboxylic acids is 1. The number of hydrogen-bond donors (Lipinski definition) is 0. The van der Waals surface area contributed by atoms with Crippen molar-refractivity contribution in [3.63, 3.8) is 0 Å². The maximum absolute atomic E-state index is 13.1. The van der Waals surface area contributed by atoms with Crippen molar-refractivity contribution in [3.05, 3.63) is 53.6 Å². The molecule has 9 heteroatoms. The number of anilines is 2. The summed E-state index contributed by atoms with van der Waals surface area (Å²) >= 11 is 7.50. The zero-order valence-electron chi connectivity index (χ0n) is 20.1. The Kier molecular flexibility index (Phi) is 7.32. The number of nitrogens with zero attached hydrogens (tertiary/aromatic N) is 5. The molecule has 3 aromatic rings. The molecule has 2 aliphatic rings. The minimum absolute atomic E-state index is 0.114. The lowest BCUT2D eigenvalue weighted by Gasteiger charge is -2.37. The van der Waals surface area contributed by atoms with E-state index in [1.165, 1.54) is 11.8 Å². The number of aromatic nitrogens is 2. The van der Waals surface area contributed by atoms with Crippen LogP contribution >= 0.6 is 23.4 Å². The van der Waals surface area contributed by atoms with E-state index in [1.54, 1.807) is 0 Å². The Labute approximate surface area is 215 Å². The van der Waals surface area contributed by atoms with Crippen LogP contribution in [0.4, 0.5) is 11.5 Å². The fourth-order valence-corrected chi connectivity index (χ4v) is 5.75. The van der Waals surface area contributed by atoms with Crippen LogP contribution in [0, 0.1) is 0 Å². The van der Waals surface area contributed by atoms with Crippen LogP contribution in [0.15, 0.2) is 53.6 Å². The van der Waals surface area contributed by atoms with Gasteiger partial charge in [0.2, 0.25) is 5.91 Å². The summed E-state index contributed by atoms with van der Waals surface area (Å²) in [6.45, 7) is 8.70. The number of ether oxygens (including phenoxy) is 1. The highest BCUT2D eigenvalue weighted by atomic mass is 35.5. The molecule has 7 nitrogen and oxygen atoms in total. The van der Waals surface area contributed by atoms with E-state index < -0.39 is 0 Å². The number of piperazine rings is 1. The van der Waals surface area contributed by atoms with Gasteiger partial charge >= 0.3 is 0 Å². The molecule has 35 heavy (non-hydrogen) atoms. The Balaban J connectivity index is 1.27. The van der Waals surface area contributed by atoms with Crippen molar-refractivity contribution in [2.24, 2.45) is 0 Å². The number of fused-ring (bicyclic) bond motifs is 1. The molecule has 0 saturated carbocycles. The molecule has 1 amide bonds. The summed E-state index contributed by atoms with van der Waals surface area (Å²) in [6, 6.07) is 15.8. The Morgan fingerprint density at radius 3 is 2.23 bits per heavy atom. The van der Waals surface area contributed by atoms with Gasteiger partial charge in [-0.2, -0.15) is 0 Å². The van der Waals surface area contributed by atoms with Crippen LogP contribution < -0.4 is 9.80 Å². The van der Waals surface area contributed by atoms with Gasteiger partial charge in [0.05, 0.1) is 29.0 Å². The molecule has 2 aliphatic heterocycles. The Morgan fingerprint density at radius 1 is 0.943 bits per heavy atom. The second-order valence-corrected chi connectivity index (χ2v) is 10.5. The Hall–Kier alpha value is -2.55. The summed E-state index contributed by atoms with van der Waals surface area (Å²) in [5.41, 5.74) is 2.85. The molecular weight excluding hydrogens is 482 g/mol. The average Bonchev–Trinajstić information content (AvgIpc) is 2.86. The molecule has 0 radical (unpaired) electrons. The number of morpholine rings is 1. The van der Waals surface area contributed by atoms with Crippen molar-refractivity contribution in [2.45, 2.75) is 31.1 Å². The van der Waals surface area contributed by atoms with Gasteiger partial charge in [0.25, 0.3) is 0 Å². The standard InChI is InChI=1S/C26H30ClN5O2S/c1-18-15-32(16-19(2)34-18)25-26(29-23-6-4-3-5-22(23)28-25)35-17-24(33)31-13-11-30(12-14-31)21-9-7-20(27)8-10-21/h3-10,18-19H,11-17H2,1-2H3/t18-,19-/m1/s1. The molecule has 2 atom stereocenters. The third kappa shape index (κ3) is 5.66. The van der Waals surface area contributed by atoms with E-state index in [1.807, 2.05) is 53.4 Å². The van der Waals surface area contributed by atoms with Gasteiger partial charge in [-0.05, 0) is 50.2 Å². The largest absolute Gasteiger partial charge is 0.372 e. The first-order valence-corrected chi connectivity index (χ1v) is 13.4. The van der Waals surface area contributed by atoms with Crippen LogP contribution in [0.3, 0.4) is 0 Å². The first-order chi connectivity index (χ1) is 17.0. The third-order valence-corrected chi connectivity index (χ3v) is 7.59. The van der Waals surface area contributed by atoms with E-state index in [4.69, 9.17) is 26.3 Å². The normalized spacial score (nSPS) is 20.9. The Bertz CT molecular complexity index is 1180. The zero-order valence-corrected chi connectivity index (χ0v) is 21.6. The predicted molar refractivity (Wildman–Crippen MR) is 143 cm³/mol.